The van der Waals surface area contributed by atoms with E-state index in [1.165, 1.54) is 31.4 Å². The number of piperidine rings is 1. The fourth-order valence-corrected chi connectivity index (χ4v) is 3.79. The number of ether oxygens (including phenoxy) is 2. The van der Waals surface area contributed by atoms with Crippen molar-refractivity contribution in [1.82, 2.24) is 4.90 Å². The number of methoxy groups -OCH3 is 1. The number of phenolic OH excluding ortho intramolecular Hbond substituents is 1. The van der Waals surface area contributed by atoms with Gasteiger partial charge < -0.3 is 14.6 Å². The molecule has 3 rings (SSSR count). The highest BCUT2D eigenvalue weighted by Gasteiger charge is 2.50. The van der Waals surface area contributed by atoms with Crippen LogP contribution in [-0.4, -0.2) is 54.3 Å². The molecule has 4 unspecified atom stereocenters. The minimum atomic E-state index is -0.479. The molecule has 124 valence electrons. The van der Waals surface area contributed by atoms with Crippen molar-refractivity contribution in [2.24, 2.45) is 5.92 Å². The summed E-state index contributed by atoms with van der Waals surface area (Å²) in [7, 11) is 3.37. The number of phenols is 1. The monoisotopic (exact) mass is 319 g/mol. The zero-order valence-electron chi connectivity index (χ0n) is 13.3. The van der Waals surface area contributed by atoms with Gasteiger partial charge in [0.1, 0.15) is 17.8 Å². The predicted octanol–water partition coefficient (Wildman–Crippen LogP) is 1.57. The molecule has 1 aromatic carbocycles. The molecule has 0 radical (unpaired) electrons. The molecule has 2 bridgehead atoms. The standard InChI is InChI=1S/C17H21NO5/c1-18-11-5-8-13(18)15(17(21)22-2)14(9-11)23-16(20)10-3-6-12(19)7-4-10/h3-4,6-7,11,13-15,19H,5,8-9H2,1-2H3. The molecule has 2 heterocycles. The van der Waals surface area contributed by atoms with Gasteiger partial charge in [-0.15, -0.1) is 0 Å². The van der Waals surface area contributed by atoms with Crippen LogP contribution in [0.2, 0.25) is 0 Å². The molecule has 2 saturated heterocycles. The molecule has 23 heavy (non-hydrogen) atoms. The number of benzene rings is 1. The SMILES string of the molecule is COC(=O)C1C(OC(=O)c2ccc(O)cc2)CC2CCC1N2C. The molecule has 1 N–H and O–H groups in total. The lowest BCUT2D eigenvalue weighted by atomic mass is 9.87. The first-order valence-corrected chi connectivity index (χ1v) is 7.81. The Labute approximate surface area is 135 Å². The number of rotatable bonds is 3. The molecule has 2 aliphatic rings. The van der Waals surface area contributed by atoms with Crippen molar-refractivity contribution in [2.45, 2.75) is 37.5 Å². The summed E-state index contributed by atoms with van der Waals surface area (Å²) in [5.74, 6) is -1.17. The number of carbonyl (C=O) groups excluding carboxylic acids is 2. The average Bonchev–Trinajstić information content (AvgIpc) is 2.78. The number of fused-ring (bicyclic) bond motifs is 2. The minimum Gasteiger partial charge on any atom is -0.508 e. The molecule has 6 nitrogen and oxygen atoms in total. The maximum Gasteiger partial charge on any atom is 0.338 e. The Morgan fingerprint density at radius 3 is 2.57 bits per heavy atom. The van der Waals surface area contributed by atoms with Crippen LogP contribution in [0.5, 0.6) is 5.75 Å². The Hall–Kier alpha value is -2.08. The maximum absolute atomic E-state index is 12.3. The Morgan fingerprint density at radius 2 is 1.91 bits per heavy atom. The largest absolute Gasteiger partial charge is 0.508 e. The van der Waals surface area contributed by atoms with Crippen molar-refractivity contribution in [2.75, 3.05) is 14.2 Å². The van der Waals surface area contributed by atoms with E-state index < -0.39 is 18.0 Å². The van der Waals surface area contributed by atoms with Gasteiger partial charge in [-0.2, -0.15) is 0 Å². The number of hydrogen-bond acceptors (Lipinski definition) is 6. The lowest BCUT2D eigenvalue weighted by Gasteiger charge is -2.40. The third kappa shape index (κ3) is 2.91. The number of esters is 2. The summed E-state index contributed by atoms with van der Waals surface area (Å²) in [5.41, 5.74) is 0.359. The van der Waals surface area contributed by atoms with Gasteiger partial charge in [0.05, 0.1) is 12.7 Å². The summed E-state index contributed by atoms with van der Waals surface area (Å²) >= 11 is 0. The van der Waals surface area contributed by atoms with Gasteiger partial charge in [-0.05, 0) is 44.2 Å². The molecule has 1 aromatic rings. The topological polar surface area (TPSA) is 76.1 Å². The summed E-state index contributed by atoms with van der Waals surface area (Å²) in [6, 6.07) is 6.28. The van der Waals surface area contributed by atoms with Gasteiger partial charge in [0.25, 0.3) is 0 Å². The number of carbonyl (C=O) groups is 2. The third-order valence-corrected chi connectivity index (χ3v) is 5.05. The van der Waals surface area contributed by atoms with Gasteiger partial charge in [0.15, 0.2) is 0 Å². The zero-order valence-corrected chi connectivity index (χ0v) is 13.3. The summed E-state index contributed by atoms with van der Waals surface area (Å²) < 4.78 is 10.6. The lowest BCUT2D eigenvalue weighted by Crippen LogP contribution is -2.53. The van der Waals surface area contributed by atoms with E-state index >= 15 is 0 Å². The molecular formula is C17H21NO5. The second kappa shape index (κ2) is 6.20. The van der Waals surface area contributed by atoms with Crippen LogP contribution in [0.15, 0.2) is 24.3 Å². The van der Waals surface area contributed by atoms with Crippen molar-refractivity contribution in [3.8, 4) is 5.75 Å². The van der Waals surface area contributed by atoms with Crippen LogP contribution in [0.1, 0.15) is 29.6 Å². The van der Waals surface area contributed by atoms with Crippen LogP contribution >= 0.6 is 0 Å². The van der Waals surface area contributed by atoms with Crippen LogP contribution in [0.25, 0.3) is 0 Å². The molecule has 0 saturated carbocycles. The minimum absolute atomic E-state index is 0.0545. The second-order valence-electron chi connectivity index (χ2n) is 6.24. The molecule has 0 aliphatic carbocycles. The first kappa shape index (κ1) is 15.8. The molecule has 2 fully saturated rings. The third-order valence-electron chi connectivity index (χ3n) is 5.05. The second-order valence-corrected chi connectivity index (χ2v) is 6.24. The van der Waals surface area contributed by atoms with E-state index in [0.29, 0.717) is 18.0 Å². The van der Waals surface area contributed by atoms with Gasteiger partial charge in [0.2, 0.25) is 0 Å². The maximum atomic E-state index is 12.3. The molecule has 6 heteroatoms. The van der Waals surface area contributed by atoms with Crippen molar-refractivity contribution in [3.05, 3.63) is 29.8 Å². The van der Waals surface area contributed by atoms with Gasteiger partial charge in [0, 0.05) is 18.5 Å². The van der Waals surface area contributed by atoms with Gasteiger partial charge in [-0.25, -0.2) is 4.79 Å². The summed E-state index contributed by atoms with van der Waals surface area (Å²) in [6.07, 6.45) is 2.07. The Balaban J connectivity index is 1.78. The van der Waals surface area contributed by atoms with Crippen LogP contribution in [-0.2, 0) is 14.3 Å². The van der Waals surface area contributed by atoms with Gasteiger partial charge in [-0.3, -0.25) is 9.69 Å². The number of aromatic hydroxyl groups is 1. The Kier molecular flexibility index (Phi) is 4.26. The van der Waals surface area contributed by atoms with E-state index in [9.17, 15) is 14.7 Å². The van der Waals surface area contributed by atoms with E-state index in [2.05, 4.69) is 4.90 Å². The van der Waals surface area contributed by atoms with Crippen LogP contribution < -0.4 is 0 Å². The van der Waals surface area contributed by atoms with E-state index in [-0.39, 0.29) is 17.8 Å². The highest BCUT2D eigenvalue weighted by molar-refractivity contribution is 5.90. The van der Waals surface area contributed by atoms with E-state index in [0.717, 1.165) is 12.8 Å². The fourth-order valence-electron chi connectivity index (χ4n) is 3.79. The summed E-state index contributed by atoms with van der Waals surface area (Å²) in [6.45, 7) is 0. The first-order valence-electron chi connectivity index (χ1n) is 7.81. The van der Waals surface area contributed by atoms with Crippen LogP contribution in [0.4, 0.5) is 0 Å². The first-order chi connectivity index (χ1) is 11.0. The summed E-state index contributed by atoms with van der Waals surface area (Å²) in [5, 5.41) is 9.29. The number of hydrogen-bond donors (Lipinski definition) is 1. The van der Waals surface area contributed by atoms with Crippen LogP contribution in [0.3, 0.4) is 0 Å². The summed E-state index contributed by atoms with van der Waals surface area (Å²) in [4.78, 5) is 26.7. The molecule has 0 amide bonds. The predicted molar refractivity (Wildman–Crippen MR) is 82.0 cm³/mol. The zero-order chi connectivity index (χ0) is 16.6. The molecule has 0 spiro atoms. The Morgan fingerprint density at radius 1 is 1.22 bits per heavy atom. The van der Waals surface area contributed by atoms with Crippen molar-refractivity contribution in [3.63, 3.8) is 0 Å². The fraction of sp³-hybridized carbons (Fsp3) is 0.529. The lowest BCUT2D eigenvalue weighted by molar-refractivity contribution is -0.156. The van der Waals surface area contributed by atoms with Crippen LogP contribution in [0, 0.1) is 5.92 Å². The quantitative estimate of drug-likeness (QED) is 0.852. The van der Waals surface area contributed by atoms with Gasteiger partial charge in [-0.1, -0.05) is 0 Å². The number of nitrogens with zero attached hydrogens (tertiary/aromatic N) is 1. The average molecular weight is 319 g/mol. The highest BCUT2D eigenvalue weighted by Crippen LogP contribution is 2.40. The molecule has 2 aliphatic heterocycles. The van der Waals surface area contributed by atoms with E-state index in [1.807, 2.05) is 7.05 Å². The highest BCUT2D eigenvalue weighted by atomic mass is 16.6. The van der Waals surface area contributed by atoms with Crippen molar-refractivity contribution in [1.29, 1.82) is 0 Å². The van der Waals surface area contributed by atoms with Crippen molar-refractivity contribution < 1.29 is 24.2 Å². The van der Waals surface area contributed by atoms with Crippen molar-refractivity contribution >= 4 is 11.9 Å². The Bertz CT molecular complexity index is 600. The molecule has 0 aromatic heterocycles. The molecule has 4 atom stereocenters. The molecular weight excluding hydrogens is 298 g/mol. The normalized spacial score (nSPS) is 30.0. The smallest absolute Gasteiger partial charge is 0.338 e. The van der Waals surface area contributed by atoms with E-state index in [4.69, 9.17) is 9.47 Å². The van der Waals surface area contributed by atoms with Gasteiger partial charge >= 0.3 is 11.9 Å². The van der Waals surface area contributed by atoms with E-state index in [1.54, 1.807) is 0 Å².